The summed E-state index contributed by atoms with van der Waals surface area (Å²) in [6.45, 7) is 13.4. The van der Waals surface area contributed by atoms with Gasteiger partial charge in [0.15, 0.2) is 12.4 Å². The average Bonchev–Trinajstić information content (AvgIpc) is 3.05. The first kappa shape index (κ1) is 24.8. The predicted octanol–water partition coefficient (Wildman–Crippen LogP) is 4.30. The molecule has 0 saturated carbocycles. The van der Waals surface area contributed by atoms with Gasteiger partial charge in [0.05, 0.1) is 17.7 Å². The number of amides is 1. The van der Waals surface area contributed by atoms with Crippen molar-refractivity contribution in [2.45, 2.75) is 55.4 Å². The molecule has 2 rings (SSSR count). The molecule has 172 valence electrons. The zero-order valence-electron chi connectivity index (χ0n) is 19.8. The number of aryl methyl sites for hydroxylation is 1. The normalized spacial score (nSPS) is 10.6. The van der Waals surface area contributed by atoms with Crippen LogP contribution in [0, 0.1) is 41.5 Å². The molecule has 0 atom stereocenters. The number of ketones is 1. The summed E-state index contributed by atoms with van der Waals surface area (Å²) in [7, 11) is 0. The van der Waals surface area contributed by atoms with E-state index in [9.17, 15) is 19.2 Å². The highest BCUT2D eigenvalue weighted by atomic mass is 16.5. The fraction of sp³-hybridized carbons (Fsp3) is 0.417. The highest BCUT2D eigenvalue weighted by molar-refractivity contribution is 6.11. The number of hydrogen-bond acceptors (Lipinski definition) is 7. The number of esters is 2. The monoisotopic (exact) mass is 443 g/mol. The number of rotatable bonds is 7. The summed E-state index contributed by atoms with van der Waals surface area (Å²) >= 11 is 0. The Morgan fingerprint density at radius 2 is 1.25 bits per heavy atom. The summed E-state index contributed by atoms with van der Waals surface area (Å²) in [5.74, 6) is -2.59. The van der Waals surface area contributed by atoms with E-state index in [1.54, 1.807) is 6.92 Å². The molecule has 0 bridgehead atoms. The second-order valence-electron chi connectivity index (χ2n) is 7.64. The maximum absolute atomic E-state index is 12.7. The Kier molecular flexibility index (Phi) is 7.61. The van der Waals surface area contributed by atoms with Crippen molar-refractivity contribution in [1.29, 1.82) is 0 Å². The van der Waals surface area contributed by atoms with E-state index in [1.807, 2.05) is 34.6 Å². The molecule has 1 aromatic heterocycles. The van der Waals surface area contributed by atoms with Crippen molar-refractivity contribution >= 4 is 29.5 Å². The van der Waals surface area contributed by atoms with Crippen molar-refractivity contribution in [1.82, 2.24) is 0 Å². The SMILES string of the molecule is CCOC(=O)c1c(NC(=O)COC(=O)c2c(C)c(C)c(C)c(C)c2C)oc(C)c1C(C)=O. The molecule has 0 aliphatic carbocycles. The van der Waals surface area contributed by atoms with Crippen LogP contribution in [0.4, 0.5) is 5.88 Å². The highest BCUT2D eigenvalue weighted by Crippen LogP contribution is 2.29. The standard InChI is InChI=1S/C24H29NO7/c1-9-30-24(29)21-20(16(7)26)17(8)32-22(21)25-18(27)10-31-23(28)19-14(5)12(3)11(2)13(4)15(19)6/h9-10H2,1-8H3,(H,25,27). The van der Waals surface area contributed by atoms with Gasteiger partial charge in [-0.3, -0.25) is 14.9 Å². The first-order chi connectivity index (χ1) is 14.9. The summed E-state index contributed by atoms with van der Waals surface area (Å²) in [5, 5.41) is 2.40. The Hall–Kier alpha value is -3.42. The minimum Gasteiger partial charge on any atom is -0.462 e. The summed E-state index contributed by atoms with van der Waals surface area (Å²) in [4.78, 5) is 49.5. The van der Waals surface area contributed by atoms with Gasteiger partial charge in [-0.1, -0.05) is 0 Å². The number of anilines is 1. The third-order valence-electron chi connectivity index (χ3n) is 5.71. The quantitative estimate of drug-likeness (QED) is 0.501. The average molecular weight is 443 g/mol. The summed E-state index contributed by atoms with van der Waals surface area (Å²) in [6.07, 6.45) is 0. The van der Waals surface area contributed by atoms with Crippen LogP contribution in [0.15, 0.2) is 4.42 Å². The molecule has 0 radical (unpaired) electrons. The number of carbonyl (C=O) groups excluding carboxylic acids is 4. The van der Waals surface area contributed by atoms with E-state index >= 15 is 0 Å². The Bertz CT molecular complexity index is 1080. The van der Waals surface area contributed by atoms with Gasteiger partial charge >= 0.3 is 11.9 Å². The number of Topliss-reactive ketones (excluding diaryl/α,β-unsaturated/α-hetero) is 1. The van der Waals surface area contributed by atoms with E-state index in [0.29, 0.717) is 5.56 Å². The van der Waals surface area contributed by atoms with Crippen LogP contribution in [0.5, 0.6) is 0 Å². The van der Waals surface area contributed by atoms with Crippen molar-refractivity contribution < 1.29 is 33.1 Å². The van der Waals surface area contributed by atoms with Crippen molar-refractivity contribution in [3.8, 4) is 0 Å². The second kappa shape index (κ2) is 9.80. The lowest BCUT2D eigenvalue weighted by Gasteiger charge is -2.17. The molecule has 2 aromatic rings. The number of benzene rings is 1. The fourth-order valence-electron chi connectivity index (χ4n) is 3.63. The van der Waals surface area contributed by atoms with Crippen LogP contribution < -0.4 is 5.32 Å². The third-order valence-corrected chi connectivity index (χ3v) is 5.71. The van der Waals surface area contributed by atoms with Gasteiger partial charge in [-0.2, -0.15) is 0 Å². The van der Waals surface area contributed by atoms with Crippen LogP contribution in [0.25, 0.3) is 0 Å². The van der Waals surface area contributed by atoms with E-state index in [4.69, 9.17) is 13.9 Å². The molecule has 1 aromatic carbocycles. The molecular formula is C24H29NO7. The van der Waals surface area contributed by atoms with E-state index in [-0.39, 0.29) is 29.4 Å². The number of furan rings is 1. The minimum atomic E-state index is -0.793. The van der Waals surface area contributed by atoms with E-state index in [1.165, 1.54) is 13.8 Å². The Morgan fingerprint density at radius 3 is 1.75 bits per heavy atom. The molecule has 8 heteroatoms. The van der Waals surface area contributed by atoms with Crippen LogP contribution in [-0.2, 0) is 14.3 Å². The van der Waals surface area contributed by atoms with E-state index < -0.39 is 30.2 Å². The lowest BCUT2D eigenvalue weighted by molar-refractivity contribution is -0.119. The van der Waals surface area contributed by atoms with E-state index in [2.05, 4.69) is 5.32 Å². The molecule has 0 fully saturated rings. The first-order valence-electron chi connectivity index (χ1n) is 10.3. The van der Waals surface area contributed by atoms with Gasteiger partial charge in [0.2, 0.25) is 5.88 Å². The number of nitrogens with one attached hydrogen (secondary N) is 1. The lowest BCUT2D eigenvalue weighted by atomic mass is 9.90. The third kappa shape index (κ3) is 4.74. The predicted molar refractivity (Wildman–Crippen MR) is 118 cm³/mol. The summed E-state index contributed by atoms with van der Waals surface area (Å²) < 4.78 is 15.6. The Balaban J connectivity index is 2.23. The molecule has 8 nitrogen and oxygen atoms in total. The molecule has 0 spiro atoms. The topological polar surface area (TPSA) is 112 Å². The smallest absolute Gasteiger partial charge is 0.344 e. The van der Waals surface area contributed by atoms with Crippen LogP contribution in [0.2, 0.25) is 0 Å². The van der Waals surface area contributed by atoms with E-state index in [0.717, 1.165) is 27.8 Å². The van der Waals surface area contributed by atoms with Crippen LogP contribution in [0.3, 0.4) is 0 Å². The molecule has 1 amide bonds. The minimum absolute atomic E-state index is 0.0348. The molecule has 0 saturated heterocycles. The number of ether oxygens (including phenoxy) is 2. The van der Waals surface area contributed by atoms with Crippen molar-refractivity contribution in [2.75, 3.05) is 18.5 Å². The molecular weight excluding hydrogens is 414 g/mol. The van der Waals surface area contributed by atoms with Crippen molar-refractivity contribution in [3.63, 3.8) is 0 Å². The van der Waals surface area contributed by atoms with Crippen molar-refractivity contribution in [3.05, 3.63) is 50.3 Å². The summed E-state index contributed by atoms with van der Waals surface area (Å²) in [6, 6.07) is 0. The lowest BCUT2D eigenvalue weighted by Crippen LogP contribution is -2.23. The fourth-order valence-corrected chi connectivity index (χ4v) is 3.63. The van der Waals surface area contributed by atoms with Gasteiger partial charge in [0.1, 0.15) is 11.3 Å². The van der Waals surface area contributed by atoms with Crippen LogP contribution in [-0.4, -0.2) is 36.8 Å². The molecule has 0 aliphatic rings. The van der Waals surface area contributed by atoms with Crippen LogP contribution >= 0.6 is 0 Å². The van der Waals surface area contributed by atoms with Gasteiger partial charge in [-0.25, -0.2) is 9.59 Å². The van der Waals surface area contributed by atoms with Crippen LogP contribution in [0.1, 0.15) is 78.5 Å². The second-order valence-corrected chi connectivity index (χ2v) is 7.64. The van der Waals surface area contributed by atoms with Gasteiger partial charge in [0, 0.05) is 0 Å². The number of carbonyl (C=O) groups is 4. The zero-order chi connectivity index (χ0) is 24.3. The van der Waals surface area contributed by atoms with Gasteiger partial charge in [-0.15, -0.1) is 0 Å². The maximum Gasteiger partial charge on any atom is 0.344 e. The molecule has 1 N–H and O–H groups in total. The molecule has 1 heterocycles. The maximum atomic E-state index is 12.7. The Labute approximate surface area is 187 Å². The van der Waals surface area contributed by atoms with Gasteiger partial charge < -0.3 is 13.9 Å². The van der Waals surface area contributed by atoms with Gasteiger partial charge in [0.25, 0.3) is 5.91 Å². The number of hydrogen-bond donors (Lipinski definition) is 1. The zero-order valence-corrected chi connectivity index (χ0v) is 19.8. The van der Waals surface area contributed by atoms with Crippen molar-refractivity contribution in [2.24, 2.45) is 0 Å². The molecule has 32 heavy (non-hydrogen) atoms. The molecule has 0 unspecified atom stereocenters. The Morgan fingerprint density at radius 1 is 0.750 bits per heavy atom. The van der Waals surface area contributed by atoms with Gasteiger partial charge in [-0.05, 0) is 83.2 Å². The highest BCUT2D eigenvalue weighted by Gasteiger charge is 2.29. The largest absolute Gasteiger partial charge is 0.462 e. The summed E-state index contributed by atoms with van der Waals surface area (Å²) in [5.41, 5.74) is 4.99. The molecule has 0 aliphatic heterocycles. The first-order valence-corrected chi connectivity index (χ1v) is 10.3.